The minimum absolute atomic E-state index is 0.0382. The highest BCUT2D eigenvalue weighted by Gasteiger charge is 2.17. The number of carbonyl (C=O) groups excluding carboxylic acids is 1. The van der Waals surface area contributed by atoms with E-state index < -0.39 is 6.61 Å². The lowest BCUT2D eigenvalue weighted by molar-refractivity contribution is -0.113. The summed E-state index contributed by atoms with van der Waals surface area (Å²) in [5, 5.41) is 11.9. The number of ether oxygens (including phenoxy) is 2. The number of thioether (sulfide) groups is 1. The molecule has 1 aliphatic rings. The highest BCUT2D eigenvalue weighted by atomic mass is 32.2. The van der Waals surface area contributed by atoms with Crippen LogP contribution in [-0.4, -0.2) is 64.2 Å². The smallest absolute Gasteiger partial charge is 0.387 e. The standard InChI is InChI=1S/C18H23F2N5O3S/c1-2-25-15(11-24-7-9-27-10-8-24)22-23-18(25)29-12-16(26)21-13-3-5-14(6-4-13)28-17(19)20/h3-6,17H,2,7-12H2,1H3,(H,21,26). The Morgan fingerprint density at radius 2 is 2.00 bits per heavy atom. The van der Waals surface area contributed by atoms with Gasteiger partial charge >= 0.3 is 6.61 Å². The minimum atomic E-state index is -2.88. The molecule has 1 aromatic heterocycles. The first-order chi connectivity index (χ1) is 14.0. The second-order valence-electron chi connectivity index (χ2n) is 6.27. The van der Waals surface area contributed by atoms with Crippen molar-refractivity contribution in [2.75, 3.05) is 37.4 Å². The van der Waals surface area contributed by atoms with Gasteiger partial charge in [-0.2, -0.15) is 8.78 Å². The molecule has 1 amide bonds. The Kier molecular flexibility index (Phi) is 7.78. The van der Waals surface area contributed by atoms with E-state index in [4.69, 9.17) is 4.74 Å². The number of anilines is 1. The maximum atomic E-state index is 12.2. The summed E-state index contributed by atoms with van der Waals surface area (Å²) in [6.45, 7) is 3.71. The van der Waals surface area contributed by atoms with Gasteiger partial charge in [0, 0.05) is 25.3 Å². The molecular formula is C18H23F2N5O3S. The summed E-state index contributed by atoms with van der Waals surface area (Å²) in [6, 6.07) is 5.77. The molecule has 158 valence electrons. The van der Waals surface area contributed by atoms with Crippen LogP contribution in [0.3, 0.4) is 0 Å². The molecular weight excluding hydrogens is 404 g/mol. The van der Waals surface area contributed by atoms with Gasteiger partial charge in [-0.3, -0.25) is 9.69 Å². The number of nitrogens with one attached hydrogen (secondary N) is 1. The predicted octanol–water partition coefficient (Wildman–Crippen LogP) is 2.46. The lowest BCUT2D eigenvalue weighted by Gasteiger charge is -2.26. The number of nitrogens with zero attached hydrogens (tertiary/aromatic N) is 4. The zero-order valence-electron chi connectivity index (χ0n) is 16.0. The van der Waals surface area contributed by atoms with E-state index in [9.17, 15) is 13.6 Å². The molecule has 8 nitrogen and oxygen atoms in total. The zero-order chi connectivity index (χ0) is 20.6. The Hall–Kier alpha value is -2.24. The van der Waals surface area contributed by atoms with Crippen LogP contribution < -0.4 is 10.1 Å². The molecule has 1 saturated heterocycles. The number of rotatable bonds is 9. The molecule has 2 heterocycles. The number of alkyl halides is 2. The Balaban J connectivity index is 1.51. The number of benzene rings is 1. The maximum Gasteiger partial charge on any atom is 0.387 e. The van der Waals surface area contributed by atoms with Crippen LogP contribution in [0.5, 0.6) is 5.75 Å². The van der Waals surface area contributed by atoms with Gasteiger partial charge in [0.15, 0.2) is 5.16 Å². The molecule has 2 aromatic rings. The van der Waals surface area contributed by atoms with E-state index in [2.05, 4.69) is 25.2 Å². The van der Waals surface area contributed by atoms with E-state index in [1.54, 1.807) is 0 Å². The highest BCUT2D eigenvalue weighted by molar-refractivity contribution is 7.99. The van der Waals surface area contributed by atoms with Crippen molar-refractivity contribution < 1.29 is 23.0 Å². The minimum Gasteiger partial charge on any atom is -0.435 e. The Morgan fingerprint density at radius 1 is 1.28 bits per heavy atom. The lowest BCUT2D eigenvalue weighted by atomic mass is 10.3. The Labute approximate surface area is 171 Å². The van der Waals surface area contributed by atoms with E-state index in [1.807, 2.05) is 11.5 Å². The molecule has 11 heteroatoms. The van der Waals surface area contributed by atoms with Crippen molar-refractivity contribution in [2.45, 2.75) is 31.8 Å². The molecule has 0 aliphatic carbocycles. The van der Waals surface area contributed by atoms with Crippen LogP contribution in [0.25, 0.3) is 0 Å². The van der Waals surface area contributed by atoms with Crippen LogP contribution in [0.1, 0.15) is 12.7 Å². The first-order valence-corrected chi connectivity index (χ1v) is 10.2. The van der Waals surface area contributed by atoms with E-state index in [1.165, 1.54) is 36.0 Å². The average molecular weight is 427 g/mol. The van der Waals surface area contributed by atoms with Gasteiger partial charge in [-0.1, -0.05) is 11.8 Å². The number of aromatic nitrogens is 3. The van der Waals surface area contributed by atoms with Crippen molar-refractivity contribution in [3.05, 3.63) is 30.1 Å². The molecule has 0 unspecified atom stereocenters. The quantitative estimate of drug-likeness (QED) is 0.616. The molecule has 0 saturated carbocycles. The van der Waals surface area contributed by atoms with E-state index in [0.717, 1.165) is 32.1 Å². The van der Waals surface area contributed by atoms with Gasteiger partial charge in [0.25, 0.3) is 0 Å². The lowest BCUT2D eigenvalue weighted by Crippen LogP contribution is -2.36. The first kappa shape index (κ1) is 21.5. The summed E-state index contributed by atoms with van der Waals surface area (Å²) in [4.78, 5) is 14.5. The summed E-state index contributed by atoms with van der Waals surface area (Å²) in [7, 11) is 0. The van der Waals surface area contributed by atoms with E-state index in [-0.39, 0.29) is 17.4 Å². The highest BCUT2D eigenvalue weighted by Crippen LogP contribution is 2.20. The SMILES string of the molecule is CCn1c(CN2CCOCC2)nnc1SCC(=O)Nc1ccc(OC(F)F)cc1. The van der Waals surface area contributed by atoms with Crippen LogP contribution >= 0.6 is 11.8 Å². The van der Waals surface area contributed by atoms with Crippen LogP contribution in [0.2, 0.25) is 0 Å². The van der Waals surface area contributed by atoms with Crippen LogP contribution in [-0.2, 0) is 22.6 Å². The number of hydrogen-bond acceptors (Lipinski definition) is 7. The molecule has 1 aliphatic heterocycles. The van der Waals surface area contributed by atoms with Crippen LogP contribution in [0.4, 0.5) is 14.5 Å². The molecule has 1 fully saturated rings. The fourth-order valence-corrected chi connectivity index (χ4v) is 3.69. The third kappa shape index (κ3) is 6.38. The Bertz CT molecular complexity index is 797. The Morgan fingerprint density at radius 3 is 2.66 bits per heavy atom. The van der Waals surface area contributed by atoms with Gasteiger partial charge in [-0.05, 0) is 31.2 Å². The molecule has 1 aromatic carbocycles. The van der Waals surface area contributed by atoms with Gasteiger partial charge in [0.1, 0.15) is 11.6 Å². The monoisotopic (exact) mass is 427 g/mol. The summed E-state index contributed by atoms with van der Waals surface area (Å²) in [5.41, 5.74) is 0.502. The number of carbonyl (C=O) groups is 1. The molecule has 0 radical (unpaired) electrons. The maximum absolute atomic E-state index is 12.2. The van der Waals surface area contributed by atoms with Crippen molar-refractivity contribution in [3.63, 3.8) is 0 Å². The number of halogens is 2. The number of amides is 1. The van der Waals surface area contributed by atoms with Crippen molar-refractivity contribution in [1.82, 2.24) is 19.7 Å². The fraction of sp³-hybridized carbons (Fsp3) is 0.500. The normalized spacial score (nSPS) is 14.9. The van der Waals surface area contributed by atoms with Crippen molar-refractivity contribution in [3.8, 4) is 5.75 Å². The largest absolute Gasteiger partial charge is 0.435 e. The van der Waals surface area contributed by atoms with Gasteiger partial charge in [-0.25, -0.2) is 0 Å². The second kappa shape index (κ2) is 10.5. The molecule has 1 N–H and O–H groups in total. The molecule has 0 bridgehead atoms. The van der Waals surface area contributed by atoms with Crippen LogP contribution in [0, 0.1) is 0 Å². The average Bonchev–Trinajstić information content (AvgIpc) is 3.09. The van der Waals surface area contributed by atoms with Gasteiger partial charge in [-0.15, -0.1) is 10.2 Å². The van der Waals surface area contributed by atoms with Crippen molar-refractivity contribution in [1.29, 1.82) is 0 Å². The fourth-order valence-electron chi connectivity index (χ4n) is 2.87. The predicted molar refractivity (Wildman–Crippen MR) is 104 cm³/mol. The van der Waals surface area contributed by atoms with Gasteiger partial charge in [0.05, 0.1) is 25.5 Å². The molecule has 29 heavy (non-hydrogen) atoms. The van der Waals surface area contributed by atoms with Gasteiger partial charge in [0.2, 0.25) is 5.91 Å². The summed E-state index contributed by atoms with van der Waals surface area (Å²) < 4.78 is 36.0. The van der Waals surface area contributed by atoms with Crippen molar-refractivity contribution in [2.24, 2.45) is 0 Å². The second-order valence-corrected chi connectivity index (χ2v) is 7.21. The van der Waals surface area contributed by atoms with Crippen molar-refractivity contribution >= 4 is 23.4 Å². The topological polar surface area (TPSA) is 81.5 Å². The summed E-state index contributed by atoms with van der Waals surface area (Å²) in [6.07, 6.45) is 0. The number of hydrogen-bond donors (Lipinski definition) is 1. The van der Waals surface area contributed by atoms with E-state index in [0.29, 0.717) is 23.9 Å². The van der Waals surface area contributed by atoms with Crippen LogP contribution in [0.15, 0.2) is 29.4 Å². The van der Waals surface area contributed by atoms with Gasteiger partial charge < -0.3 is 19.4 Å². The first-order valence-electron chi connectivity index (χ1n) is 9.25. The zero-order valence-corrected chi connectivity index (χ0v) is 16.8. The molecule has 3 rings (SSSR count). The summed E-state index contributed by atoms with van der Waals surface area (Å²) in [5.74, 6) is 0.839. The third-order valence-electron chi connectivity index (χ3n) is 4.27. The van der Waals surface area contributed by atoms with E-state index >= 15 is 0 Å². The molecule has 0 spiro atoms. The third-order valence-corrected chi connectivity index (χ3v) is 5.24. The number of morpholine rings is 1. The summed E-state index contributed by atoms with van der Waals surface area (Å²) >= 11 is 1.30. The molecule has 0 atom stereocenters.